The Balaban J connectivity index is 4.01. The number of carbonyl (C=O) groups is 1. The minimum absolute atomic E-state index is 0.165. The van der Waals surface area contributed by atoms with E-state index in [0.29, 0.717) is 0 Å². The van der Waals surface area contributed by atoms with Crippen molar-refractivity contribution in [3.05, 3.63) is 0 Å². The summed E-state index contributed by atoms with van der Waals surface area (Å²) in [5.41, 5.74) is -0.165. The molecule has 0 fully saturated rings. The third-order valence-electron chi connectivity index (χ3n) is 2.41. The third kappa shape index (κ3) is 4.91. The molecule has 0 aromatic rings. The zero-order valence-electron chi connectivity index (χ0n) is 9.34. The van der Waals surface area contributed by atoms with E-state index >= 15 is 0 Å². The molecule has 0 aliphatic heterocycles. The second-order valence-corrected chi connectivity index (χ2v) is 4.71. The Hall–Kier alpha value is -0.970. The predicted molar refractivity (Wildman–Crippen MR) is 57.9 cm³/mol. The van der Waals surface area contributed by atoms with Gasteiger partial charge in [0.05, 0.1) is 5.92 Å². The van der Waals surface area contributed by atoms with Gasteiger partial charge in [0.25, 0.3) is 0 Å². The molecule has 1 N–H and O–H groups in total. The molecule has 0 saturated heterocycles. The lowest BCUT2D eigenvalue weighted by molar-refractivity contribution is -0.145. The zero-order valence-corrected chi connectivity index (χ0v) is 9.34. The van der Waals surface area contributed by atoms with Crippen LogP contribution in [-0.4, -0.2) is 11.1 Å². The van der Waals surface area contributed by atoms with Crippen LogP contribution in [-0.2, 0) is 4.79 Å². The van der Waals surface area contributed by atoms with Gasteiger partial charge >= 0.3 is 5.97 Å². The fourth-order valence-electron chi connectivity index (χ4n) is 1.50. The van der Waals surface area contributed by atoms with E-state index < -0.39 is 5.97 Å². The molecule has 0 aliphatic carbocycles. The first-order valence-electron chi connectivity index (χ1n) is 5.06. The lowest BCUT2D eigenvalue weighted by Gasteiger charge is -2.26. The molecule has 0 amide bonds. The maximum atomic E-state index is 11.0. The normalized spacial score (nSPS) is 13.3. The Morgan fingerprint density at radius 1 is 1.43 bits per heavy atom. The van der Waals surface area contributed by atoms with Crippen LogP contribution in [0.3, 0.4) is 0 Å². The molecular weight excluding hydrogens is 176 g/mol. The average molecular weight is 196 g/mol. The van der Waals surface area contributed by atoms with Gasteiger partial charge < -0.3 is 5.11 Å². The Bertz CT molecular complexity index is 217. The fraction of sp³-hybridized carbons (Fsp3) is 0.750. The maximum absolute atomic E-state index is 11.0. The summed E-state index contributed by atoms with van der Waals surface area (Å²) >= 11 is 0. The summed E-state index contributed by atoms with van der Waals surface area (Å²) in [6.45, 7) is 5.90. The molecule has 0 radical (unpaired) electrons. The summed E-state index contributed by atoms with van der Waals surface area (Å²) in [5.74, 6) is 1.60. The fourth-order valence-corrected chi connectivity index (χ4v) is 1.50. The number of terminal acetylenes is 1. The van der Waals surface area contributed by atoms with Gasteiger partial charge in [0, 0.05) is 6.42 Å². The van der Waals surface area contributed by atoms with E-state index in [1.165, 1.54) is 0 Å². The van der Waals surface area contributed by atoms with Crippen LogP contribution >= 0.6 is 0 Å². The van der Waals surface area contributed by atoms with Crippen molar-refractivity contribution in [2.45, 2.75) is 46.5 Å². The van der Waals surface area contributed by atoms with Crippen molar-refractivity contribution in [3.63, 3.8) is 0 Å². The summed E-state index contributed by atoms with van der Waals surface area (Å²) in [6.07, 6.45) is 8.42. The highest BCUT2D eigenvalue weighted by Crippen LogP contribution is 2.30. The Morgan fingerprint density at radius 2 is 2.00 bits per heavy atom. The molecule has 0 aliphatic rings. The van der Waals surface area contributed by atoms with Gasteiger partial charge in [-0.25, -0.2) is 0 Å². The van der Waals surface area contributed by atoms with Gasteiger partial charge in [0.15, 0.2) is 0 Å². The minimum Gasteiger partial charge on any atom is -0.481 e. The van der Waals surface area contributed by atoms with Crippen molar-refractivity contribution < 1.29 is 9.90 Å². The van der Waals surface area contributed by atoms with Crippen LogP contribution in [0.15, 0.2) is 0 Å². The molecule has 0 aromatic heterocycles. The number of hydrogen-bond donors (Lipinski definition) is 1. The summed E-state index contributed by atoms with van der Waals surface area (Å²) < 4.78 is 0. The van der Waals surface area contributed by atoms with Crippen LogP contribution in [0.5, 0.6) is 0 Å². The molecule has 14 heavy (non-hydrogen) atoms. The van der Waals surface area contributed by atoms with Crippen LogP contribution in [0.1, 0.15) is 46.5 Å². The Morgan fingerprint density at radius 3 is 2.36 bits per heavy atom. The number of hydrogen-bond acceptors (Lipinski definition) is 1. The molecule has 0 rings (SSSR count). The predicted octanol–water partition coefficient (Wildman–Crippen LogP) is 2.93. The van der Waals surface area contributed by atoms with Crippen molar-refractivity contribution in [2.75, 3.05) is 0 Å². The highest BCUT2D eigenvalue weighted by Gasteiger charge is 2.30. The summed E-state index contributed by atoms with van der Waals surface area (Å²) in [5, 5.41) is 9.03. The maximum Gasteiger partial charge on any atom is 0.307 e. The molecular formula is C12H20O2. The molecule has 1 atom stereocenters. The first-order valence-corrected chi connectivity index (χ1v) is 5.06. The van der Waals surface area contributed by atoms with E-state index in [2.05, 4.69) is 5.92 Å². The Labute approximate surface area is 86.7 Å². The van der Waals surface area contributed by atoms with E-state index in [0.717, 1.165) is 25.7 Å². The first-order chi connectivity index (χ1) is 6.39. The van der Waals surface area contributed by atoms with Crippen LogP contribution in [0, 0.1) is 23.7 Å². The third-order valence-corrected chi connectivity index (χ3v) is 2.41. The van der Waals surface area contributed by atoms with Crippen molar-refractivity contribution in [1.82, 2.24) is 0 Å². The van der Waals surface area contributed by atoms with Crippen LogP contribution in [0.2, 0.25) is 0 Å². The number of rotatable bonds is 5. The van der Waals surface area contributed by atoms with E-state index in [4.69, 9.17) is 11.5 Å². The van der Waals surface area contributed by atoms with Gasteiger partial charge in [-0.3, -0.25) is 4.79 Å². The molecule has 0 heterocycles. The first kappa shape index (κ1) is 13.0. The van der Waals surface area contributed by atoms with Crippen molar-refractivity contribution in [3.8, 4) is 12.3 Å². The molecule has 0 bridgehead atoms. The van der Waals surface area contributed by atoms with Crippen molar-refractivity contribution in [1.29, 1.82) is 0 Å². The van der Waals surface area contributed by atoms with E-state index in [9.17, 15) is 4.79 Å². The van der Waals surface area contributed by atoms with E-state index in [1.54, 1.807) is 0 Å². The number of aliphatic carboxylic acids is 1. The molecule has 2 heteroatoms. The molecule has 80 valence electrons. The van der Waals surface area contributed by atoms with Crippen LogP contribution in [0.4, 0.5) is 0 Å². The van der Waals surface area contributed by atoms with Gasteiger partial charge in [-0.15, -0.1) is 12.3 Å². The number of carboxylic acid groups (broad SMARTS) is 1. The minimum atomic E-state index is -0.696. The largest absolute Gasteiger partial charge is 0.481 e. The number of unbranched alkanes of at least 4 members (excludes halogenated alkanes) is 2. The zero-order chi connectivity index (χ0) is 11.2. The highest BCUT2D eigenvalue weighted by atomic mass is 16.4. The van der Waals surface area contributed by atoms with Crippen molar-refractivity contribution >= 4 is 5.97 Å². The van der Waals surface area contributed by atoms with Gasteiger partial charge in [-0.1, -0.05) is 27.2 Å². The monoisotopic (exact) mass is 196 g/mol. The number of carboxylic acids is 1. The van der Waals surface area contributed by atoms with Gasteiger partial charge in [-0.2, -0.15) is 0 Å². The summed E-state index contributed by atoms with van der Waals surface area (Å²) in [4.78, 5) is 11.0. The van der Waals surface area contributed by atoms with Gasteiger partial charge in [0.1, 0.15) is 0 Å². The lowest BCUT2D eigenvalue weighted by atomic mass is 9.78. The second kappa shape index (κ2) is 5.70. The molecule has 0 saturated carbocycles. The molecule has 0 unspecified atom stereocenters. The van der Waals surface area contributed by atoms with Crippen molar-refractivity contribution in [2.24, 2.45) is 11.3 Å². The average Bonchev–Trinajstić information content (AvgIpc) is 2.01. The quantitative estimate of drug-likeness (QED) is 0.542. The SMILES string of the molecule is C#CCCCC[C@H](C(=O)O)C(C)(C)C. The standard InChI is InChI=1S/C12H20O2/c1-5-6-7-8-9-10(11(13)14)12(2,3)4/h1,10H,6-9H2,2-4H3,(H,13,14)/t10-/m1/s1. The second-order valence-electron chi connectivity index (χ2n) is 4.71. The van der Waals surface area contributed by atoms with Gasteiger partial charge in [-0.05, 0) is 18.3 Å². The highest BCUT2D eigenvalue weighted by molar-refractivity contribution is 5.70. The molecule has 0 spiro atoms. The summed E-state index contributed by atoms with van der Waals surface area (Å²) in [6, 6.07) is 0. The summed E-state index contributed by atoms with van der Waals surface area (Å²) in [7, 11) is 0. The smallest absolute Gasteiger partial charge is 0.307 e. The van der Waals surface area contributed by atoms with Gasteiger partial charge in [0.2, 0.25) is 0 Å². The topological polar surface area (TPSA) is 37.3 Å². The lowest BCUT2D eigenvalue weighted by Crippen LogP contribution is -2.28. The molecule has 0 aromatic carbocycles. The Kier molecular flexibility index (Phi) is 5.30. The van der Waals surface area contributed by atoms with Crippen LogP contribution < -0.4 is 0 Å². The van der Waals surface area contributed by atoms with E-state index in [1.807, 2.05) is 20.8 Å². The molecule has 2 nitrogen and oxygen atoms in total. The van der Waals surface area contributed by atoms with E-state index in [-0.39, 0.29) is 11.3 Å². The van der Waals surface area contributed by atoms with Crippen LogP contribution in [0.25, 0.3) is 0 Å².